The maximum absolute atomic E-state index is 12.4. The molecular formula is C72H69NO11. The molecule has 0 aliphatic rings. The van der Waals surface area contributed by atoms with Crippen LogP contribution in [0.1, 0.15) is 91.5 Å². The Kier molecular flexibility index (Phi) is 25.5. The van der Waals surface area contributed by atoms with Gasteiger partial charge in [0.2, 0.25) is 0 Å². The van der Waals surface area contributed by atoms with Gasteiger partial charge < -0.3 is 33.2 Å². The van der Waals surface area contributed by atoms with Crippen LogP contribution in [0.4, 0.5) is 0 Å². The Morgan fingerprint density at radius 3 is 1.18 bits per heavy atom. The standard InChI is InChI=1S/C19H20O3.C18H15NO3.C18H18O3.C17H16O2/c1-13-6-5-7-15(12-13)9-11-17(20)16-10-8-14(2)18(21-3)19(16)22-4;1-21-16-7-4-8-17(22-2)18(16)15(20)10-9-13-5-3-6-14(11-13)12-19;1-13-7-9-14(10-8-13)11-12-15(19)18-16(20-2)5-4-6-17(18)21-3;1-13-6-5-7-14(12-13)10-11-16(18)15-8-3-4-9-17(15)19-2/h5-12H,1-4H3;3-11H,1-2H3;4-12H,1-3H3;3-12H,1-2H3/b11-9+;10-9+;12-11+;11-10+. The van der Waals surface area contributed by atoms with E-state index in [4.69, 9.17) is 38.4 Å². The third-order valence-electron chi connectivity index (χ3n) is 12.6. The van der Waals surface area contributed by atoms with E-state index in [-0.39, 0.29) is 23.1 Å². The van der Waals surface area contributed by atoms with E-state index in [0.717, 1.165) is 33.4 Å². The first-order valence-electron chi connectivity index (χ1n) is 26.5. The molecule has 0 aromatic heterocycles. The summed E-state index contributed by atoms with van der Waals surface area (Å²) in [6.07, 6.45) is 13.2. The number of methoxy groups -OCH3 is 7. The summed E-state index contributed by atoms with van der Waals surface area (Å²) in [6, 6.07) is 54.3. The van der Waals surface area contributed by atoms with Crippen LogP contribution >= 0.6 is 0 Å². The van der Waals surface area contributed by atoms with Gasteiger partial charge in [-0.25, -0.2) is 0 Å². The third kappa shape index (κ3) is 18.8. The number of ether oxygens (including phenoxy) is 7. The average molecular weight is 1120 g/mol. The first kappa shape index (κ1) is 64.3. The Labute approximate surface area is 493 Å². The molecule has 0 aliphatic heterocycles. The molecule has 0 N–H and O–H groups in total. The van der Waals surface area contributed by atoms with E-state index in [0.29, 0.717) is 68.1 Å². The molecule has 0 radical (unpaired) electrons. The Balaban J connectivity index is 0.000000205. The molecule has 84 heavy (non-hydrogen) atoms. The van der Waals surface area contributed by atoms with Crippen molar-refractivity contribution in [3.05, 3.63) is 266 Å². The van der Waals surface area contributed by atoms with E-state index in [1.54, 1.807) is 125 Å². The van der Waals surface area contributed by atoms with Gasteiger partial charge >= 0.3 is 0 Å². The van der Waals surface area contributed by atoms with Gasteiger partial charge in [0.1, 0.15) is 39.9 Å². The van der Waals surface area contributed by atoms with Gasteiger partial charge in [0.15, 0.2) is 34.6 Å². The summed E-state index contributed by atoms with van der Waals surface area (Å²) in [5.74, 6) is 3.05. The Morgan fingerprint density at radius 2 is 0.738 bits per heavy atom. The number of benzene rings is 8. The van der Waals surface area contributed by atoms with E-state index in [9.17, 15) is 19.2 Å². The molecule has 0 aliphatic carbocycles. The van der Waals surface area contributed by atoms with Gasteiger partial charge in [0.05, 0.1) is 72.5 Å². The second kappa shape index (κ2) is 33.3. The van der Waals surface area contributed by atoms with Crippen molar-refractivity contribution in [1.82, 2.24) is 0 Å². The van der Waals surface area contributed by atoms with Crippen molar-refractivity contribution in [3.8, 4) is 46.3 Å². The van der Waals surface area contributed by atoms with Crippen molar-refractivity contribution in [2.45, 2.75) is 27.7 Å². The molecule has 8 aromatic carbocycles. The molecule has 0 heterocycles. The summed E-state index contributed by atoms with van der Waals surface area (Å²) < 4.78 is 36.8. The first-order chi connectivity index (χ1) is 40.6. The molecule has 0 amide bonds. The lowest BCUT2D eigenvalue weighted by molar-refractivity contribution is 0.103. The van der Waals surface area contributed by atoms with E-state index >= 15 is 0 Å². The summed E-state index contributed by atoms with van der Waals surface area (Å²) in [4.78, 5) is 49.4. The number of hydrogen-bond acceptors (Lipinski definition) is 12. The third-order valence-corrected chi connectivity index (χ3v) is 12.6. The lowest BCUT2D eigenvalue weighted by Gasteiger charge is -2.13. The number of ketones is 4. The summed E-state index contributed by atoms with van der Waals surface area (Å²) in [5, 5.41) is 8.88. The van der Waals surface area contributed by atoms with Gasteiger partial charge in [-0.15, -0.1) is 0 Å². The van der Waals surface area contributed by atoms with E-state index in [1.165, 1.54) is 51.7 Å². The average Bonchev–Trinajstić information content (AvgIpc) is 3.61. The van der Waals surface area contributed by atoms with Crippen molar-refractivity contribution in [3.63, 3.8) is 0 Å². The Bertz CT molecular complexity index is 3670. The van der Waals surface area contributed by atoms with E-state index in [1.807, 2.05) is 131 Å². The highest BCUT2D eigenvalue weighted by Crippen LogP contribution is 2.35. The van der Waals surface area contributed by atoms with Gasteiger partial charge in [-0.3, -0.25) is 19.2 Å². The normalized spacial score (nSPS) is 10.5. The van der Waals surface area contributed by atoms with Crippen LogP contribution in [0.15, 0.2) is 194 Å². The monoisotopic (exact) mass is 1120 g/mol. The number of aryl methyl sites for hydroxylation is 4. The number of carbonyl (C=O) groups is 4. The van der Waals surface area contributed by atoms with Crippen LogP contribution < -0.4 is 33.2 Å². The predicted molar refractivity (Wildman–Crippen MR) is 335 cm³/mol. The fourth-order valence-corrected chi connectivity index (χ4v) is 8.32. The zero-order valence-electron chi connectivity index (χ0n) is 49.2. The molecule has 0 saturated carbocycles. The van der Waals surface area contributed by atoms with Gasteiger partial charge in [0, 0.05) is 0 Å². The predicted octanol–water partition coefficient (Wildman–Crippen LogP) is 15.5. The number of nitrogens with zero attached hydrogens (tertiary/aromatic N) is 1. The number of allylic oxidation sites excluding steroid dienone is 4. The summed E-state index contributed by atoms with van der Waals surface area (Å²) >= 11 is 0. The van der Waals surface area contributed by atoms with Crippen LogP contribution in [0.3, 0.4) is 0 Å². The highest BCUT2D eigenvalue weighted by atomic mass is 16.5. The topological polar surface area (TPSA) is 157 Å². The molecule has 8 rings (SSSR count). The lowest BCUT2D eigenvalue weighted by Crippen LogP contribution is -2.02. The molecule has 0 bridgehead atoms. The van der Waals surface area contributed by atoms with Gasteiger partial charge in [0.25, 0.3) is 0 Å². The fourth-order valence-electron chi connectivity index (χ4n) is 8.32. The van der Waals surface area contributed by atoms with Crippen LogP contribution in [0.25, 0.3) is 24.3 Å². The van der Waals surface area contributed by atoms with Crippen molar-refractivity contribution < 1.29 is 52.3 Å². The van der Waals surface area contributed by atoms with E-state index in [2.05, 4.69) is 6.07 Å². The van der Waals surface area contributed by atoms with Gasteiger partial charge in [-0.05, 0) is 134 Å². The quantitative estimate of drug-likeness (QED) is 0.0558. The molecule has 0 saturated heterocycles. The Hall–Kier alpha value is -10.5. The summed E-state index contributed by atoms with van der Waals surface area (Å²) in [7, 11) is 10.8. The lowest BCUT2D eigenvalue weighted by atomic mass is 10.0. The SMILES string of the molecule is COc1c(C)ccc(C(=O)/C=C/c2cccc(C)c2)c1OC.COc1cccc(OC)c1C(=O)/C=C/c1ccc(C)cc1.COc1cccc(OC)c1C(=O)/C=C/c1cccc(C#N)c1.COc1ccccc1C(=O)/C=C/c1cccc(C)c1. The molecule has 0 fully saturated rings. The smallest absolute Gasteiger partial charge is 0.193 e. The Morgan fingerprint density at radius 1 is 0.345 bits per heavy atom. The van der Waals surface area contributed by atoms with Crippen molar-refractivity contribution in [2.75, 3.05) is 49.8 Å². The second-order valence-corrected chi connectivity index (χ2v) is 18.5. The molecule has 12 heteroatoms. The fraction of sp³-hybridized carbons (Fsp3) is 0.153. The minimum absolute atomic E-state index is 0.0565. The minimum Gasteiger partial charge on any atom is -0.496 e. The van der Waals surface area contributed by atoms with Crippen LogP contribution in [-0.2, 0) is 0 Å². The maximum Gasteiger partial charge on any atom is 0.193 e. The molecule has 8 aromatic rings. The van der Waals surface area contributed by atoms with Crippen LogP contribution in [0.2, 0.25) is 0 Å². The molecule has 12 nitrogen and oxygen atoms in total. The zero-order valence-corrected chi connectivity index (χ0v) is 49.2. The number of rotatable bonds is 19. The van der Waals surface area contributed by atoms with Crippen LogP contribution in [-0.4, -0.2) is 72.9 Å². The number of hydrogen-bond donors (Lipinski definition) is 0. The summed E-state index contributed by atoms with van der Waals surface area (Å²) in [5.41, 5.74) is 10.6. The van der Waals surface area contributed by atoms with Crippen LogP contribution in [0.5, 0.6) is 40.2 Å². The van der Waals surface area contributed by atoms with Crippen molar-refractivity contribution in [1.29, 1.82) is 5.26 Å². The minimum atomic E-state index is -0.225. The summed E-state index contributed by atoms with van der Waals surface area (Å²) in [6.45, 7) is 7.99. The zero-order chi connectivity index (χ0) is 61.0. The number of para-hydroxylation sites is 1. The van der Waals surface area contributed by atoms with Gasteiger partial charge in [-0.1, -0.05) is 156 Å². The highest BCUT2D eigenvalue weighted by molar-refractivity contribution is 6.12. The molecule has 0 unspecified atom stereocenters. The molecule has 0 spiro atoms. The van der Waals surface area contributed by atoms with Gasteiger partial charge in [-0.2, -0.15) is 5.26 Å². The van der Waals surface area contributed by atoms with Crippen LogP contribution in [0, 0.1) is 39.0 Å². The van der Waals surface area contributed by atoms with Crippen molar-refractivity contribution >= 4 is 47.4 Å². The number of nitriles is 1. The van der Waals surface area contributed by atoms with E-state index < -0.39 is 0 Å². The second-order valence-electron chi connectivity index (χ2n) is 18.5. The maximum atomic E-state index is 12.4. The molecular weight excluding hydrogens is 1050 g/mol. The number of carbonyl (C=O) groups excluding carboxylic acids is 4. The van der Waals surface area contributed by atoms with Crippen molar-refractivity contribution in [2.24, 2.45) is 0 Å². The highest BCUT2D eigenvalue weighted by Gasteiger charge is 2.19. The largest absolute Gasteiger partial charge is 0.496 e. The first-order valence-corrected chi connectivity index (χ1v) is 26.5. The molecule has 428 valence electrons. The molecule has 0 atom stereocenters.